The summed E-state index contributed by atoms with van der Waals surface area (Å²) in [6.45, 7) is 7.61. The Balaban J connectivity index is 2.00. The molecular weight excluding hydrogens is 349 g/mol. The summed E-state index contributed by atoms with van der Waals surface area (Å²) < 4.78 is 4.08. The molecule has 0 saturated heterocycles. The molecule has 1 aromatic rings. The SMILES string of the molecule is CC(C)(C)N(Cc1ccccc1)C(=O)COC(=O)C1(C)CC1(Cl)Cl. The van der Waals surface area contributed by atoms with Crippen molar-refractivity contribution in [3.8, 4) is 0 Å². The summed E-state index contributed by atoms with van der Waals surface area (Å²) in [5, 5.41) is 0. The van der Waals surface area contributed by atoms with E-state index in [0.717, 1.165) is 5.56 Å². The van der Waals surface area contributed by atoms with Gasteiger partial charge >= 0.3 is 5.97 Å². The van der Waals surface area contributed by atoms with Crippen molar-refractivity contribution in [3.63, 3.8) is 0 Å². The van der Waals surface area contributed by atoms with Crippen LogP contribution in [0.4, 0.5) is 0 Å². The summed E-state index contributed by atoms with van der Waals surface area (Å²) in [5.74, 6) is -0.784. The second kappa shape index (κ2) is 6.57. The third kappa shape index (κ3) is 4.04. The van der Waals surface area contributed by atoms with Crippen molar-refractivity contribution in [2.75, 3.05) is 6.61 Å². The Kier molecular flexibility index (Phi) is 5.22. The summed E-state index contributed by atoms with van der Waals surface area (Å²) in [7, 11) is 0. The highest BCUT2D eigenvalue weighted by atomic mass is 35.5. The summed E-state index contributed by atoms with van der Waals surface area (Å²) in [5.41, 5.74) is -0.310. The molecule has 4 nitrogen and oxygen atoms in total. The molecule has 1 aliphatic carbocycles. The number of alkyl halides is 2. The van der Waals surface area contributed by atoms with Crippen LogP contribution in [0.1, 0.15) is 39.7 Å². The van der Waals surface area contributed by atoms with Crippen LogP contribution in [0.25, 0.3) is 0 Å². The second-order valence-corrected chi connectivity index (χ2v) is 8.91. The van der Waals surface area contributed by atoms with E-state index in [-0.39, 0.29) is 12.5 Å². The molecule has 0 aliphatic heterocycles. The quantitative estimate of drug-likeness (QED) is 0.581. The molecule has 1 atom stereocenters. The highest BCUT2D eigenvalue weighted by Crippen LogP contribution is 2.64. The maximum atomic E-state index is 12.6. The zero-order chi connectivity index (χ0) is 18.2. The second-order valence-electron chi connectivity index (χ2n) is 7.43. The van der Waals surface area contributed by atoms with Crippen molar-refractivity contribution in [3.05, 3.63) is 35.9 Å². The van der Waals surface area contributed by atoms with E-state index in [0.29, 0.717) is 13.0 Å². The van der Waals surface area contributed by atoms with Gasteiger partial charge in [-0.25, -0.2) is 0 Å². The maximum Gasteiger partial charge on any atom is 0.315 e. The first kappa shape index (κ1) is 19.1. The van der Waals surface area contributed by atoms with Gasteiger partial charge in [-0.2, -0.15) is 0 Å². The van der Waals surface area contributed by atoms with Crippen LogP contribution in [-0.2, 0) is 20.9 Å². The van der Waals surface area contributed by atoms with Gasteiger partial charge in [0.1, 0.15) is 9.75 Å². The lowest BCUT2D eigenvalue weighted by atomic mass is 10.0. The van der Waals surface area contributed by atoms with Gasteiger partial charge in [0.25, 0.3) is 5.91 Å². The fourth-order valence-corrected chi connectivity index (χ4v) is 3.14. The number of hydrogen-bond donors (Lipinski definition) is 0. The molecule has 1 aliphatic rings. The molecule has 0 bridgehead atoms. The third-order valence-corrected chi connectivity index (χ3v) is 5.43. The lowest BCUT2D eigenvalue weighted by molar-refractivity contribution is -0.158. The molecule has 0 N–H and O–H groups in total. The number of rotatable bonds is 5. The lowest BCUT2D eigenvalue weighted by Crippen LogP contribution is -2.47. The Labute approximate surface area is 153 Å². The Morgan fingerprint density at radius 3 is 2.21 bits per heavy atom. The summed E-state index contributed by atoms with van der Waals surface area (Å²) in [6.07, 6.45) is 0.336. The number of hydrogen-bond acceptors (Lipinski definition) is 3. The van der Waals surface area contributed by atoms with Crippen molar-refractivity contribution >= 4 is 35.1 Å². The molecule has 0 heterocycles. The van der Waals surface area contributed by atoms with Crippen LogP contribution >= 0.6 is 23.2 Å². The number of nitrogens with zero attached hydrogens (tertiary/aromatic N) is 1. The highest BCUT2D eigenvalue weighted by molar-refractivity contribution is 6.53. The Bertz CT molecular complexity index is 625. The Morgan fingerprint density at radius 1 is 1.21 bits per heavy atom. The van der Waals surface area contributed by atoms with Crippen LogP contribution in [0.15, 0.2) is 30.3 Å². The molecule has 24 heavy (non-hydrogen) atoms. The normalized spacial score (nSPS) is 21.9. The van der Waals surface area contributed by atoms with E-state index in [1.807, 2.05) is 51.1 Å². The minimum absolute atomic E-state index is 0.251. The summed E-state index contributed by atoms with van der Waals surface area (Å²) >= 11 is 11.9. The number of esters is 1. The van der Waals surface area contributed by atoms with Gasteiger partial charge in [0.05, 0.1) is 0 Å². The van der Waals surface area contributed by atoms with E-state index >= 15 is 0 Å². The number of ether oxygens (including phenoxy) is 1. The average Bonchev–Trinajstić information content (AvgIpc) is 3.01. The van der Waals surface area contributed by atoms with Crippen molar-refractivity contribution in [2.24, 2.45) is 5.41 Å². The first-order valence-electron chi connectivity index (χ1n) is 7.87. The number of amides is 1. The molecule has 0 aromatic heterocycles. The summed E-state index contributed by atoms with van der Waals surface area (Å²) in [6, 6.07) is 9.69. The topological polar surface area (TPSA) is 46.6 Å². The Morgan fingerprint density at radius 2 is 1.75 bits per heavy atom. The van der Waals surface area contributed by atoms with E-state index in [1.54, 1.807) is 11.8 Å². The molecular formula is C18H23Cl2NO3. The van der Waals surface area contributed by atoms with E-state index in [9.17, 15) is 9.59 Å². The van der Waals surface area contributed by atoms with E-state index in [4.69, 9.17) is 27.9 Å². The van der Waals surface area contributed by atoms with E-state index in [2.05, 4.69) is 0 Å². The molecule has 1 unspecified atom stereocenters. The third-order valence-electron chi connectivity index (χ3n) is 4.33. The fourth-order valence-electron chi connectivity index (χ4n) is 2.45. The molecule has 6 heteroatoms. The van der Waals surface area contributed by atoms with Gasteiger partial charge in [0.2, 0.25) is 0 Å². The predicted octanol–water partition coefficient (Wildman–Crippen LogP) is 3.94. The molecule has 0 spiro atoms. The van der Waals surface area contributed by atoms with E-state index in [1.165, 1.54) is 0 Å². The van der Waals surface area contributed by atoms with Gasteiger partial charge in [0, 0.05) is 18.5 Å². The van der Waals surface area contributed by atoms with Crippen molar-refractivity contribution < 1.29 is 14.3 Å². The smallest absolute Gasteiger partial charge is 0.315 e. The standard InChI is InChI=1S/C18H23Cl2NO3/c1-16(2,3)21(10-13-8-6-5-7-9-13)14(22)11-24-15(23)17(4)12-18(17,19)20/h5-9H,10-12H2,1-4H3. The first-order chi connectivity index (χ1) is 11.0. The zero-order valence-electron chi connectivity index (χ0n) is 14.4. The van der Waals surface area contributed by atoms with Gasteiger partial charge in [-0.05, 0) is 33.3 Å². The minimum Gasteiger partial charge on any atom is -0.455 e. The van der Waals surface area contributed by atoms with Crippen LogP contribution in [0.5, 0.6) is 0 Å². The minimum atomic E-state index is -1.10. The fraction of sp³-hybridized carbons (Fsp3) is 0.556. The lowest BCUT2D eigenvalue weighted by Gasteiger charge is -2.35. The van der Waals surface area contributed by atoms with Crippen LogP contribution in [0, 0.1) is 5.41 Å². The van der Waals surface area contributed by atoms with Crippen LogP contribution in [0.2, 0.25) is 0 Å². The van der Waals surface area contributed by atoms with Crippen LogP contribution < -0.4 is 0 Å². The monoisotopic (exact) mass is 371 g/mol. The molecule has 2 rings (SSSR count). The molecule has 1 saturated carbocycles. The Hall–Kier alpha value is -1.26. The molecule has 0 radical (unpaired) electrons. The largest absolute Gasteiger partial charge is 0.455 e. The van der Waals surface area contributed by atoms with Gasteiger partial charge in [-0.3, -0.25) is 9.59 Å². The molecule has 1 aromatic carbocycles. The summed E-state index contributed by atoms with van der Waals surface area (Å²) in [4.78, 5) is 26.4. The molecule has 1 fully saturated rings. The van der Waals surface area contributed by atoms with Crippen LogP contribution in [-0.4, -0.2) is 33.3 Å². The van der Waals surface area contributed by atoms with Crippen molar-refractivity contribution in [1.29, 1.82) is 0 Å². The van der Waals surface area contributed by atoms with E-state index < -0.39 is 21.3 Å². The molecule has 132 valence electrons. The van der Waals surface area contributed by atoms with Gasteiger partial charge < -0.3 is 9.64 Å². The average molecular weight is 372 g/mol. The number of carbonyl (C=O) groups excluding carboxylic acids is 2. The van der Waals surface area contributed by atoms with Crippen molar-refractivity contribution in [1.82, 2.24) is 4.90 Å². The van der Waals surface area contributed by atoms with Gasteiger partial charge in [-0.15, -0.1) is 23.2 Å². The number of benzene rings is 1. The number of carbonyl (C=O) groups is 2. The first-order valence-corrected chi connectivity index (χ1v) is 8.62. The zero-order valence-corrected chi connectivity index (χ0v) is 15.9. The maximum absolute atomic E-state index is 12.6. The molecule has 1 amide bonds. The van der Waals surface area contributed by atoms with Crippen LogP contribution in [0.3, 0.4) is 0 Å². The highest BCUT2D eigenvalue weighted by Gasteiger charge is 2.69. The van der Waals surface area contributed by atoms with Gasteiger partial charge in [0.15, 0.2) is 6.61 Å². The predicted molar refractivity (Wildman–Crippen MR) is 94.9 cm³/mol. The van der Waals surface area contributed by atoms with Crippen molar-refractivity contribution in [2.45, 2.75) is 50.5 Å². The number of halogens is 2. The van der Waals surface area contributed by atoms with Gasteiger partial charge in [-0.1, -0.05) is 30.3 Å².